The standard InChI is InChI=1S/C29H34N6O8/c30-21(14-19-15-31-16-32-19)26(39)33-22(10-11-25(37)38)27(40)34-23(12-17-4-2-1-3-5-17)28(41)35-24(29(42)43)13-18-6-8-20(36)9-7-18/h1-9,15-16,21-24,36H,10-14,30H2,(H,31,32)(H,33,39)(H,34,40)(H,35,41)(H,37,38)(H,42,43). The maximum absolute atomic E-state index is 13.4. The number of carboxylic acid groups (broad SMARTS) is 2. The van der Waals surface area contributed by atoms with Crippen molar-refractivity contribution in [3.63, 3.8) is 0 Å². The number of nitrogens with one attached hydrogen (secondary N) is 4. The van der Waals surface area contributed by atoms with Crippen LogP contribution in [0.3, 0.4) is 0 Å². The van der Waals surface area contributed by atoms with Gasteiger partial charge in [-0.25, -0.2) is 9.78 Å². The minimum Gasteiger partial charge on any atom is -0.508 e. The number of phenolic OH excluding ortho intramolecular Hbond substituents is 1. The number of carbonyl (C=O) groups is 5. The van der Waals surface area contributed by atoms with E-state index in [0.29, 0.717) is 16.8 Å². The van der Waals surface area contributed by atoms with Gasteiger partial charge >= 0.3 is 11.9 Å². The summed E-state index contributed by atoms with van der Waals surface area (Å²) in [4.78, 5) is 69.5. The molecular formula is C29H34N6O8. The second-order valence-electron chi connectivity index (χ2n) is 9.90. The van der Waals surface area contributed by atoms with Gasteiger partial charge in [-0.05, 0) is 29.7 Å². The molecule has 4 unspecified atom stereocenters. The highest BCUT2D eigenvalue weighted by Crippen LogP contribution is 2.12. The summed E-state index contributed by atoms with van der Waals surface area (Å²) in [5.41, 5.74) is 7.75. The Morgan fingerprint density at radius 3 is 1.95 bits per heavy atom. The van der Waals surface area contributed by atoms with Gasteiger partial charge in [-0.15, -0.1) is 0 Å². The van der Waals surface area contributed by atoms with Crippen molar-refractivity contribution in [1.29, 1.82) is 0 Å². The number of aromatic nitrogens is 2. The number of phenols is 1. The molecule has 0 radical (unpaired) electrons. The first-order valence-electron chi connectivity index (χ1n) is 13.4. The Hall–Kier alpha value is -5.24. The number of carboxylic acids is 2. The molecule has 1 aromatic heterocycles. The largest absolute Gasteiger partial charge is 0.508 e. The molecule has 14 nitrogen and oxygen atoms in total. The molecule has 9 N–H and O–H groups in total. The zero-order valence-electron chi connectivity index (χ0n) is 23.1. The molecule has 4 atom stereocenters. The molecule has 2 aromatic carbocycles. The zero-order chi connectivity index (χ0) is 31.4. The van der Waals surface area contributed by atoms with E-state index in [1.807, 2.05) is 0 Å². The zero-order valence-corrected chi connectivity index (χ0v) is 23.1. The van der Waals surface area contributed by atoms with Crippen molar-refractivity contribution in [3.8, 4) is 5.75 Å². The minimum atomic E-state index is -1.37. The van der Waals surface area contributed by atoms with Gasteiger partial charge in [0.05, 0.1) is 12.4 Å². The molecule has 0 aliphatic rings. The number of hydrogen-bond donors (Lipinski definition) is 8. The van der Waals surface area contributed by atoms with Crippen molar-refractivity contribution in [3.05, 3.63) is 83.9 Å². The van der Waals surface area contributed by atoms with Gasteiger partial charge < -0.3 is 42.0 Å². The summed E-state index contributed by atoms with van der Waals surface area (Å²) in [6.07, 6.45) is 2.11. The van der Waals surface area contributed by atoms with Crippen LogP contribution in [0, 0.1) is 0 Å². The minimum absolute atomic E-state index is 0.00268. The summed E-state index contributed by atoms with van der Waals surface area (Å²) in [6, 6.07) is 9.40. The molecule has 3 aromatic rings. The number of nitrogens with zero attached hydrogens (tertiary/aromatic N) is 1. The Morgan fingerprint density at radius 2 is 1.35 bits per heavy atom. The summed E-state index contributed by atoms with van der Waals surface area (Å²) in [7, 11) is 0. The molecule has 1 heterocycles. The Balaban J connectivity index is 1.77. The normalized spacial score (nSPS) is 13.6. The third kappa shape index (κ3) is 10.6. The smallest absolute Gasteiger partial charge is 0.326 e. The molecule has 0 fully saturated rings. The second-order valence-corrected chi connectivity index (χ2v) is 9.90. The molecule has 3 amide bonds. The number of imidazole rings is 1. The summed E-state index contributed by atoms with van der Waals surface area (Å²) >= 11 is 0. The van der Waals surface area contributed by atoms with E-state index in [9.17, 15) is 39.3 Å². The van der Waals surface area contributed by atoms with Crippen LogP contribution in [-0.2, 0) is 43.2 Å². The third-order valence-corrected chi connectivity index (χ3v) is 6.52. The fraction of sp³-hybridized carbons (Fsp3) is 0.310. The Morgan fingerprint density at radius 1 is 0.767 bits per heavy atom. The summed E-state index contributed by atoms with van der Waals surface area (Å²) in [5.74, 6) is -4.89. The van der Waals surface area contributed by atoms with Crippen molar-refractivity contribution in [1.82, 2.24) is 25.9 Å². The summed E-state index contributed by atoms with van der Waals surface area (Å²) in [6.45, 7) is 0. The van der Waals surface area contributed by atoms with E-state index >= 15 is 0 Å². The van der Waals surface area contributed by atoms with Crippen LogP contribution in [0.1, 0.15) is 29.7 Å². The van der Waals surface area contributed by atoms with Gasteiger partial charge in [0.25, 0.3) is 0 Å². The third-order valence-electron chi connectivity index (χ3n) is 6.52. The van der Waals surface area contributed by atoms with Gasteiger partial charge in [-0.2, -0.15) is 0 Å². The highest BCUT2D eigenvalue weighted by atomic mass is 16.4. The van der Waals surface area contributed by atoms with Crippen LogP contribution in [0.2, 0.25) is 0 Å². The van der Waals surface area contributed by atoms with Crippen LogP contribution in [0.25, 0.3) is 0 Å². The molecule has 0 bridgehead atoms. The molecule has 0 saturated carbocycles. The van der Waals surface area contributed by atoms with E-state index in [-0.39, 0.29) is 31.4 Å². The van der Waals surface area contributed by atoms with Crippen LogP contribution >= 0.6 is 0 Å². The van der Waals surface area contributed by atoms with Crippen molar-refractivity contribution in [2.75, 3.05) is 0 Å². The van der Waals surface area contributed by atoms with Crippen molar-refractivity contribution in [2.24, 2.45) is 5.73 Å². The molecule has 43 heavy (non-hydrogen) atoms. The fourth-order valence-corrected chi connectivity index (χ4v) is 4.21. The quantitative estimate of drug-likeness (QED) is 0.109. The lowest BCUT2D eigenvalue weighted by Gasteiger charge is -2.25. The highest BCUT2D eigenvalue weighted by molar-refractivity contribution is 5.94. The van der Waals surface area contributed by atoms with Crippen LogP contribution in [0.4, 0.5) is 0 Å². The van der Waals surface area contributed by atoms with E-state index in [0.717, 1.165) is 0 Å². The van der Waals surface area contributed by atoms with Crippen LogP contribution in [-0.4, -0.2) is 79.1 Å². The lowest BCUT2D eigenvalue weighted by atomic mass is 10.0. The first-order chi connectivity index (χ1) is 20.5. The van der Waals surface area contributed by atoms with E-state index in [1.165, 1.54) is 36.8 Å². The van der Waals surface area contributed by atoms with Crippen LogP contribution < -0.4 is 21.7 Å². The second kappa shape index (κ2) is 15.7. The molecular weight excluding hydrogens is 560 g/mol. The maximum atomic E-state index is 13.4. The lowest BCUT2D eigenvalue weighted by molar-refractivity contribution is -0.142. The molecule has 14 heteroatoms. The van der Waals surface area contributed by atoms with E-state index in [4.69, 9.17) is 5.73 Å². The number of H-pyrrole nitrogens is 1. The number of hydrogen-bond acceptors (Lipinski definition) is 8. The van der Waals surface area contributed by atoms with Gasteiger partial charge in [0, 0.05) is 37.6 Å². The van der Waals surface area contributed by atoms with Crippen molar-refractivity contribution in [2.45, 2.75) is 56.3 Å². The number of carbonyl (C=O) groups excluding carboxylic acids is 3. The monoisotopic (exact) mass is 594 g/mol. The summed E-state index contributed by atoms with van der Waals surface area (Å²) < 4.78 is 0. The van der Waals surface area contributed by atoms with E-state index in [2.05, 4.69) is 25.9 Å². The highest BCUT2D eigenvalue weighted by Gasteiger charge is 2.31. The van der Waals surface area contributed by atoms with E-state index in [1.54, 1.807) is 30.3 Å². The predicted molar refractivity (Wildman–Crippen MR) is 153 cm³/mol. The van der Waals surface area contributed by atoms with Crippen LogP contribution in [0.5, 0.6) is 5.75 Å². The molecule has 0 spiro atoms. The van der Waals surface area contributed by atoms with Gasteiger partial charge in [0.15, 0.2) is 0 Å². The first kappa shape index (κ1) is 32.3. The van der Waals surface area contributed by atoms with Gasteiger partial charge in [-0.1, -0.05) is 42.5 Å². The number of rotatable bonds is 16. The number of nitrogens with two attached hydrogens (primary N) is 1. The topological polar surface area (TPSA) is 237 Å². The molecule has 3 rings (SSSR count). The number of aromatic hydroxyl groups is 1. The maximum Gasteiger partial charge on any atom is 0.326 e. The summed E-state index contributed by atoms with van der Waals surface area (Å²) in [5, 5.41) is 35.9. The number of aliphatic carboxylic acids is 2. The van der Waals surface area contributed by atoms with Crippen molar-refractivity contribution >= 4 is 29.7 Å². The fourth-order valence-electron chi connectivity index (χ4n) is 4.21. The molecule has 228 valence electrons. The SMILES string of the molecule is NC(Cc1cnc[nH]1)C(=O)NC(CCC(=O)O)C(=O)NC(Cc1ccccc1)C(=O)NC(Cc1ccc(O)cc1)C(=O)O. The van der Waals surface area contributed by atoms with Gasteiger partial charge in [0.2, 0.25) is 17.7 Å². The van der Waals surface area contributed by atoms with Crippen molar-refractivity contribution < 1.29 is 39.3 Å². The number of benzene rings is 2. The predicted octanol–water partition coefficient (Wildman–Crippen LogP) is -0.126. The van der Waals surface area contributed by atoms with E-state index < -0.39 is 60.2 Å². The average Bonchev–Trinajstić information content (AvgIpc) is 3.48. The van der Waals surface area contributed by atoms with Gasteiger partial charge in [-0.3, -0.25) is 19.2 Å². The number of aromatic amines is 1. The first-order valence-corrected chi connectivity index (χ1v) is 13.4. The Kier molecular flexibility index (Phi) is 11.8. The Bertz CT molecular complexity index is 1380. The van der Waals surface area contributed by atoms with Crippen LogP contribution in [0.15, 0.2) is 67.1 Å². The molecule has 0 aliphatic heterocycles. The lowest BCUT2D eigenvalue weighted by Crippen LogP contribution is -2.58. The molecule has 0 saturated heterocycles. The number of amides is 3. The Labute approximate surface area is 246 Å². The van der Waals surface area contributed by atoms with Gasteiger partial charge in [0.1, 0.15) is 23.9 Å². The average molecular weight is 595 g/mol. The molecule has 0 aliphatic carbocycles.